The Bertz CT molecular complexity index is 483. The maximum Gasteiger partial charge on any atom is 0.416 e. The van der Waals surface area contributed by atoms with Gasteiger partial charge in [0, 0.05) is 30.9 Å². The number of halogens is 3. The second-order valence-electron chi connectivity index (χ2n) is 6.27. The number of nitrogens with zero attached hydrogens (tertiary/aromatic N) is 2. The summed E-state index contributed by atoms with van der Waals surface area (Å²) in [4.78, 5) is 4.47. The summed E-state index contributed by atoms with van der Waals surface area (Å²) in [7, 11) is 0. The average Bonchev–Trinajstić information content (AvgIpc) is 2.40. The SMILES string of the molecule is CCCN1CCN(c2cccc(C(F)(F)F)c2)CC1(C)C. The lowest BCUT2D eigenvalue weighted by Crippen LogP contribution is -2.59. The molecule has 0 spiro atoms. The molecule has 1 aliphatic rings. The third-order valence-electron chi connectivity index (χ3n) is 4.11. The van der Waals surface area contributed by atoms with Crippen molar-refractivity contribution in [3.8, 4) is 0 Å². The number of alkyl halides is 3. The highest BCUT2D eigenvalue weighted by Crippen LogP contribution is 2.33. The Kier molecular flexibility index (Phi) is 4.51. The van der Waals surface area contributed by atoms with Gasteiger partial charge >= 0.3 is 6.18 Å². The zero-order chi connectivity index (χ0) is 15.7. The van der Waals surface area contributed by atoms with Crippen LogP contribution >= 0.6 is 0 Å². The van der Waals surface area contributed by atoms with Gasteiger partial charge in [0.05, 0.1) is 5.56 Å². The van der Waals surface area contributed by atoms with Crippen LogP contribution in [0.3, 0.4) is 0 Å². The third kappa shape index (κ3) is 3.70. The van der Waals surface area contributed by atoms with Crippen molar-refractivity contribution in [2.45, 2.75) is 38.9 Å². The highest BCUT2D eigenvalue weighted by Gasteiger charge is 2.34. The molecule has 0 radical (unpaired) electrons. The molecule has 1 saturated heterocycles. The van der Waals surface area contributed by atoms with E-state index in [9.17, 15) is 13.2 Å². The third-order valence-corrected chi connectivity index (χ3v) is 4.11. The van der Waals surface area contributed by atoms with Crippen molar-refractivity contribution in [2.75, 3.05) is 31.1 Å². The monoisotopic (exact) mass is 300 g/mol. The number of hydrogen-bond acceptors (Lipinski definition) is 2. The predicted octanol–water partition coefficient (Wildman–Crippen LogP) is 4.02. The molecule has 1 aromatic rings. The van der Waals surface area contributed by atoms with Crippen LogP contribution in [0.25, 0.3) is 0 Å². The largest absolute Gasteiger partial charge is 0.416 e. The fourth-order valence-corrected chi connectivity index (χ4v) is 2.97. The van der Waals surface area contributed by atoms with E-state index < -0.39 is 11.7 Å². The molecule has 118 valence electrons. The van der Waals surface area contributed by atoms with E-state index in [1.165, 1.54) is 12.1 Å². The van der Waals surface area contributed by atoms with Gasteiger partial charge in [0.1, 0.15) is 0 Å². The van der Waals surface area contributed by atoms with Gasteiger partial charge in [0.2, 0.25) is 0 Å². The standard InChI is InChI=1S/C16H23F3N2/c1-4-8-21-10-9-20(12-15(21,2)3)14-7-5-6-13(11-14)16(17,18)19/h5-7,11H,4,8-10,12H2,1-3H3. The van der Waals surface area contributed by atoms with Crippen LogP contribution in [0.2, 0.25) is 0 Å². The van der Waals surface area contributed by atoms with E-state index in [1.807, 2.05) is 0 Å². The van der Waals surface area contributed by atoms with Crippen LogP contribution in [0.4, 0.5) is 18.9 Å². The number of piperazine rings is 1. The summed E-state index contributed by atoms with van der Waals surface area (Å²) in [5, 5.41) is 0. The summed E-state index contributed by atoms with van der Waals surface area (Å²) >= 11 is 0. The Morgan fingerprint density at radius 1 is 1.19 bits per heavy atom. The highest BCUT2D eigenvalue weighted by molar-refractivity contribution is 5.50. The smallest absolute Gasteiger partial charge is 0.368 e. The molecule has 0 unspecified atom stereocenters. The summed E-state index contributed by atoms with van der Waals surface area (Å²) < 4.78 is 38.5. The molecule has 0 saturated carbocycles. The van der Waals surface area contributed by atoms with Crippen LogP contribution in [-0.4, -0.2) is 36.6 Å². The first-order chi connectivity index (χ1) is 9.74. The first-order valence-electron chi connectivity index (χ1n) is 7.41. The van der Waals surface area contributed by atoms with Crippen LogP contribution in [-0.2, 0) is 6.18 Å². The maximum atomic E-state index is 12.8. The molecular weight excluding hydrogens is 277 g/mol. The minimum absolute atomic E-state index is 0.0253. The van der Waals surface area contributed by atoms with E-state index >= 15 is 0 Å². The second kappa shape index (κ2) is 5.87. The van der Waals surface area contributed by atoms with Gasteiger partial charge in [0.15, 0.2) is 0 Å². The van der Waals surface area contributed by atoms with Gasteiger partial charge in [-0.05, 0) is 45.0 Å². The number of anilines is 1. The molecule has 21 heavy (non-hydrogen) atoms. The van der Waals surface area contributed by atoms with Crippen molar-refractivity contribution in [2.24, 2.45) is 0 Å². The Morgan fingerprint density at radius 2 is 1.90 bits per heavy atom. The Labute approximate surface area is 124 Å². The number of benzene rings is 1. The van der Waals surface area contributed by atoms with E-state index in [4.69, 9.17) is 0 Å². The van der Waals surface area contributed by atoms with E-state index in [0.29, 0.717) is 5.69 Å². The number of hydrogen-bond donors (Lipinski definition) is 0. The molecule has 1 heterocycles. The van der Waals surface area contributed by atoms with Crippen molar-refractivity contribution in [1.29, 1.82) is 0 Å². The zero-order valence-electron chi connectivity index (χ0n) is 12.9. The molecule has 2 nitrogen and oxygen atoms in total. The second-order valence-corrected chi connectivity index (χ2v) is 6.27. The van der Waals surface area contributed by atoms with Crippen molar-refractivity contribution in [1.82, 2.24) is 4.90 Å². The molecule has 0 N–H and O–H groups in total. The average molecular weight is 300 g/mol. The fourth-order valence-electron chi connectivity index (χ4n) is 2.97. The Morgan fingerprint density at radius 3 is 2.48 bits per heavy atom. The van der Waals surface area contributed by atoms with Crippen molar-refractivity contribution in [3.05, 3.63) is 29.8 Å². The maximum absolute atomic E-state index is 12.8. The van der Waals surface area contributed by atoms with Gasteiger partial charge in [-0.2, -0.15) is 13.2 Å². The molecule has 0 amide bonds. The van der Waals surface area contributed by atoms with Crippen LogP contribution < -0.4 is 4.90 Å². The van der Waals surface area contributed by atoms with E-state index in [0.717, 1.165) is 38.7 Å². The molecule has 1 aromatic carbocycles. The van der Waals surface area contributed by atoms with Gasteiger partial charge in [-0.3, -0.25) is 4.90 Å². The molecule has 5 heteroatoms. The quantitative estimate of drug-likeness (QED) is 0.832. The van der Waals surface area contributed by atoms with Crippen molar-refractivity contribution < 1.29 is 13.2 Å². The molecular formula is C16H23F3N2. The summed E-state index contributed by atoms with van der Waals surface area (Å²) in [6, 6.07) is 5.64. The first kappa shape index (κ1) is 16.1. The topological polar surface area (TPSA) is 6.48 Å². The predicted molar refractivity (Wildman–Crippen MR) is 79.6 cm³/mol. The van der Waals surface area contributed by atoms with Crippen molar-refractivity contribution in [3.63, 3.8) is 0 Å². The van der Waals surface area contributed by atoms with Gasteiger partial charge < -0.3 is 4.90 Å². The van der Waals surface area contributed by atoms with E-state index in [-0.39, 0.29) is 5.54 Å². The van der Waals surface area contributed by atoms with Crippen LogP contribution in [0.1, 0.15) is 32.8 Å². The summed E-state index contributed by atoms with van der Waals surface area (Å²) in [5.41, 5.74) is 0.0607. The number of rotatable bonds is 3. The van der Waals surface area contributed by atoms with Crippen molar-refractivity contribution >= 4 is 5.69 Å². The Hall–Kier alpha value is -1.23. The van der Waals surface area contributed by atoms with Crippen LogP contribution in [0.15, 0.2) is 24.3 Å². The Balaban J connectivity index is 2.17. The normalized spacial score (nSPS) is 19.8. The molecule has 1 fully saturated rings. The van der Waals surface area contributed by atoms with Gasteiger partial charge in [0.25, 0.3) is 0 Å². The van der Waals surface area contributed by atoms with Gasteiger partial charge in [-0.1, -0.05) is 13.0 Å². The highest BCUT2D eigenvalue weighted by atomic mass is 19.4. The van der Waals surface area contributed by atoms with Gasteiger partial charge in [-0.25, -0.2) is 0 Å². The lowest BCUT2D eigenvalue weighted by Gasteiger charge is -2.48. The summed E-state index contributed by atoms with van der Waals surface area (Å²) in [5.74, 6) is 0. The van der Waals surface area contributed by atoms with Crippen LogP contribution in [0.5, 0.6) is 0 Å². The first-order valence-corrected chi connectivity index (χ1v) is 7.41. The summed E-state index contributed by atoms with van der Waals surface area (Å²) in [6.45, 7) is 9.89. The molecule has 0 bridgehead atoms. The lowest BCUT2D eigenvalue weighted by atomic mass is 9.97. The van der Waals surface area contributed by atoms with Gasteiger partial charge in [-0.15, -0.1) is 0 Å². The lowest BCUT2D eigenvalue weighted by molar-refractivity contribution is -0.137. The minimum atomic E-state index is -4.28. The zero-order valence-corrected chi connectivity index (χ0v) is 12.9. The summed E-state index contributed by atoms with van der Waals surface area (Å²) in [6.07, 6.45) is -3.19. The molecule has 2 rings (SSSR count). The molecule has 1 aliphatic heterocycles. The van der Waals surface area contributed by atoms with E-state index in [2.05, 4.69) is 30.6 Å². The fraction of sp³-hybridized carbons (Fsp3) is 0.625. The van der Waals surface area contributed by atoms with E-state index in [1.54, 1.807) is 6.07 Å². The minimum Gasteiger partial charge on any atom is -0.368 e. The molecule has 0 aliphatic carbocycles. The van der Waals surface area contributed by atoms with Crippen LogP contribution in [0, 0.1) is 0 Å². The molecule has 0 aromatic heterocycles. The molecule has 0 atom stereocenters.